The Morgan fingerprint density at radius 1 is 0.841 bits per heavy atom. The van der Waals surface area contributed by atoms with E-state index in [2.05, 4.69) is 37.2 Å². The van der Waals surface area contributed by atoms with Crippen molar-refractivity contribution in [2.24, 2.45) is 17.8 Å². The number of carboxylic acids is 1. The first kappa shape index (κ1) is 51.0. The van der Waals surface area contributed by atoms with Gasteiger partial charge >= 0.3 is 12.0 Å². The minimum absolute atomic E-state index is 0.0350. The number of benzene rings is 2. The summed E-state index contributed by atoms with van der Waals surface area (Å²) in [5.41, 5.74) is 0.973. The molecule has 3 rings (SSSR count). The van der Waals surface area contributed by atoms with Crippen molar-refractivity contribution < 1.29 is 48.3 Å². The molecule has 8 N–H and O–H groups in total. The molecule has 0 saturated carbocycles. The maximum atomic E-state index is 14.6. The Bertz CT molecular complexity index is 1930. The van der Waals surface area contributed by atoms with E-state index in [0.29, 0.717) is 24.8 Å². The average Bonchev–Trinajstić information content (AvgIpc) is 3.24. The maximum absolute atomic E-state index is 14.6. The third kappa shape index (κ3) is 15.5. The molecule has 0 aromatic heterocycles. The zero-order valence-corrected chi connectivity index (χ0v) is 37.2. The summed E-state index contributed by atoms with van der Waals surface area (Å²) in [6.45, 7) is 10.6. The number of hydrogen-bond donors (Lipinski definition) is 8. The number of anilines is 1. The number of rotatable bonds is 15. The molecular formula is C45H64N8O10. The summed E-state index contributed by atoms with van der Waals surface area (Å²) in [4.78, 5) is 123. The summed E-state index contributed by atoms with van der Waals surface area (Å²) in [5.74, 6) is -6.54. The van der Waals surface area contributed by atoms with Gasteiger partial charge in [0.2, 0.25) is 35.9 Å². The molecule has 0 unspecified atom stereocenters. The van der Waals surface area contributed by atoms with Gasteiger partial charge in [-0.25, -0.2) is 9.59 Å². The zero-order chi connectivity index (χ0) is 46.8. The lowest BCUT2D eigenvalue weighted by Crippen LogP contribution is -2.61. The maximum Gasteiger partial charge on any atom is 0.326 e. The van der Waals surface area contributed by atoms with Crippen molar-refractivity contribution in [3.05, 3.63) is 65.7 Å². The number of likely N-dealkylation sites (N-methyl/N-ethyl adjacent to an activating group) is 1. The van der Waals surface area contributed by atoms with Gasteiger partial charge in [-0.1, -0.05) is 90.4 Å². The first-order valence-electron chi connectivity index (χ1n) is 21.5. The number of carbonyl (C=O) groups is 9. The molecule has 2 aromatic carbocycles. The Hall–Kier alpha value is -6.33. The number of carboxylic acid groups (broad SMARTS) is 1. The van der Waals surface area contributed by atoms with Crippen molar-refractivity contribution in [1.82, 2.24) is 36.8 Å². The van der Waals surface area contributed by atoms with Crippen LogP contribution in [0.5, 0.6) is 0 Å². The van der Waals surface area contributed by atoms with Crippen LogP contribution in [0.15, 0.2) is 54.6 Å². The second kappa shape index (κ2) is 24.9. The molecule has 1 aliphatic heterocycles. The topological polar surface area (TPSA) is 261 Å². The number of nitrogens with one attached hydrogen (secondary N) is 7. The number of urea groups is 1. The molecule has 18 heteroatoms. The molecule has 1 saturated heterocycles. The van der Waals surface area contributed by atoms with E-state index in [1.807, 2.05) is 13.8 Å². The van der Waals surface area contributed by atoms with Crippen LogP contribution in [0.1, 0.15) is 96.0 Å². The van der Waals surface area contributed by atoms with Gasteiger partial charge in [-0.15, -0.1) is 0 Å². The number of Topliss-reactive ketones (excluding diaryl/α,β-unsaturated/α-hetero) is 1. The van der Waals surface area contributed by atoms with E-state index < -0.39 is 102 Å². The summed E-state index contributed by atoms with van der Waals surface area (Å²) in [7, 11) is 1.32. The molecule has 344 valence electrons. The van der Waals surface area contributed by atoms with Crippen molar-refractivity contribution in [3.63, 3.8) is 0 Å². The number of amides is 8. The molecule has 0 bridgehead atoms. The van der Waals surface area contributed by atoms with Crippen molar-refractivity contribution in [2.75, 3.05) is 18.9 Å². The molecule has 0 radical (unpaired) electrons. The molecule has 0 spiro atoms. The normalized spacial score (nSPS) is 21.9. The number of hydrogen-bond acceptors (Lipinski definition) is 9. The van der Waals surface area contributed by atoms with Crippen LogP contribution in [0.2, 0.25) is 0 Å². The van der Waals surface area contributed by atoms with E-state index in [9.17, 15) is 48.3 Å². The van der Waals surface area contributed by atoms with Crippen LogP contribution in [-0.2, 0) is 40.0 Å². The van der Waals surface area contributed by atoms with E-state index in [4.69, 9.17) is 0 Å². The predicted octanol–water partition coefficient (Wildman–Crippen LogP) is 2.52. The first-order chi connectivity index (χ1) is 29.9. The number of para-hydroxylation sites is 1. The smallest absolute Gasteiger partial charge is 0.326 e. The van der Waals surface area contributed by atoms with Crippen molar-refractivity contribution in [3.8, 4) is 0 Å². The summed E-state index contributed by atoms with van der Waals surface area (Å²) >= 11 is 0. The molecule has 1 fully saturated rings. The Labute approximate surface area is 368 Å². The van der Waals surface area contributed by atoms with Crippen LogP contribution in [0.25, 0.3) is 0 Å². The lowest BCUT2D eigenvalue weighted by Gasteiger charge is -2.33. The second-order valence-corrected chi connectivity index (χ2v) is 16.7. The predicted molar refractivity (Wildman–Crippen MR) is 235 cm³/mol. The fourth-order valence-electron chi connectivity index (χ4n) is 7.18. The molecule has 8 amide bonds. The van der Waals surface area contributed by atoms with Gasteiger partial charge in [-0.3, -0.25) is 33.6 Å². The summed E-state index contributed by atoms with van der Waals surface area (Å²) in [6.07, 6.45) is 1.05. The minimum Gasteiger partial charge on any atom is -0.480 e. The molecule has 7 atom stereocenters. The fourth-order valence-corrected chi connectivity index (χ4v) is 7.18. The van der Waals surface area contributed by atoms with Crippen LogP contribution in [0.4, 0.5) is 10.5 Å². The highest BCUT2D eigenvalue weighted by atomic mass is 16.4. The van der Waals surface area contributed by atoms with Gasteiger partial charge in [0.15, 0.2) is 5.78 Å². The van der Waals surface area contributed by atoms with Gasteiger partial charge in [0.05, 0.1) is 5.69 Å². The minimum atomic E-state index is -1.51. The van der Waals surface area contributed by atoms with E-state index in [-0.39, 0.29) is 49.4 Å². The van der Waals surface area contributed by atoms with E-state index >= 15 is 0 Å². The van der Waals surface area contributed by atoms with Crippen LogP contribution in [0, 0.1) is 17.8 Å². The van der Waals surface area contributed by atoms with Crippen molar-refractivity contribution in [1.29, 1.82) is 0 Å². The third-order valence-corrected chi connectivity index (χ3v) is 11.0. The van der Waals surface area contributed by atoms with Gasteiger partial charge < -0.3 is 47.2 Å². The van der Waals surface area contributed by atoms with Gasteiger partial charge in [0.25, 0.3) is 0 Å². The van der Waals surface area contributed by atoms with Crippen molar-refractivity contribution >= 4 is 59.4 Å². The molecule has 1 heterocycles. The largest absolute Gasteiger partial charge is 0.480 e. The Balaban J connectivity index is 2.10. The fraction of sp³-hybridized carbons (Fsp3) is 0.533. The highest BCUT2D eigenvalue weighted by Crippen LogP contribution is 2.21. The van der Waals surface area contributed by atoms with Crippen LogP contribution >= 0.6 is 0 Å². The summed E-state index contributed by atoms with van der Waals surface area (Å²) in [5, 5.41) is 28.3. The van der Waals surface area contributed by atoms with Crippen LogP contribution in [-0.4, -0.2) is 114 Å². The number of nitrogens with zero attached hydrogens (tertiary/aromatic N) is 1. The van der Waals surface area contributed by atoms with E-state index in [1.165, 1.54) is 19.2 Å². The van der Waals surface area contributed by atoms with Gasteiger partial charge in [0, 0.05) is 32.0 Å². The van der Waals surface area contributed by atoms with E-state index in [1.54, 1.807) is 70.2 Å². The Morgan fingerprint density at radius 2 is 1.49 bits per heavy atom. The SMILES string of the molecule is CC[C@H](C)[C@@H](NC(=O)N[C@@H]1CCCCNC(=O)[C@H](Cc2ccccc2)NC(=O)[C@@H](CC(=O)c2ccccc2NC=O)N(C)C(=O)[C@H](CC(C)C)NC(=O)[C@H](C(C)C)NC1=O)C(=O)O. The number of aliphatic carboxylic acids is 1. The standard InChI is InChI=1S/C45H64N8O10/c1-8-28(6)38(44(61)62)52-45(63)50-32-20-14-15-21-46-39(56)33(23-29-16-10-9-11-17-29)48-41(58)35(24-36(55)30-18-12-13-19-31(30)47-25-54)53(7)43(60)34(22-26(2)3)49-42(59)37(27(4)5)51-40(32)57/h9-13,16-19,25-28,32-35,37-38H,8,14-15,20-24H2,1-7H3,(H,46,56)(H,47,54)(H,48,58)(H,49,59)(H,51,57)(H,61,62)(H2,50,52,63)/t28-,32+,33-,34-,35+,37-,38+/m0/s1. The highest BCUT2D eigenvalue weighted by Gasteiger charge is 2.38. The highest BCUT2D eigenvalue weighted by molar-refractivity contribution is 6.06. The molecule has 18 nitrogen and oxygen atoms in total. The first-order valence-corrected chi connectivity index (χ1v) is 21.5. The van der Waals surface area contributed by atoms with Crippen LogP contribution < -0.4 is 37.2 Å². The molecule has 0 aliphatic carbocycles. The molecular weight excluding hydrogens is 813 g/mol. The Morgan fingerprint density at radius 3 is 2.11 bits per heavy atom. The van der Waals surface area contributed by atoms with E-state index in [0.717, 1.165) is 4.90 Å². The van der Waals surface area contributed by atoms with Gasteiger partial charge in [-0.2, -0.15) is 0 Å². The lowest BCUT2D eigenvalue weighted by molar-refractivity contribution is -0.143. The summed E-state index contributed by atoms with van der Waals surface area (Å²) < 4.78 is 0. The molecule has 63 heavy (non-hydrogen) atoms. The van der Waals surface area contributed by atoms with Gasteiger partial charge in [0.1, 0.15) is 36.3 Å². The van der Waals surface area contributed by atoms with Crippen molar-refractivity contribution in [2.45, 2.75) is 123 Å². The van der Waals surface area contributed by atoms with Gasteiger partial charge in [-0.05, 0) is 61.1 Å². The molecule has 2 aromatic rings. The third-order valence-electron chi connectivity index (χ3n) is 11.0. The summed E-state index contributed by atoms with van der Waals surface area (Å²) in [6, 6.07) is 6.55. The van der Waals surface area contributed by atoms with Crippen LogP contribution in [0.3, 0.4) is 0 Å². The monoisotopic (exact) mass is 876 g/mol. The lowest BCUT2D eigenvalue weighted by atomic mass is 9.97. The average molecular weight is 877 g/mol. The second-order valence-electron chi connectivity index (χ2n) is 16.7. The zero-order valence-electron chi connectivity index (χ0n) is 37.2. The Kier molecular flexibility index (Phi) is 20.2. The molecule has 1 aliphatic rings. The number of carbonyl (C=O) groups excluding carboxylic acids is 8. The number of ketones is 1. The quantitative estimate of drug-likeness (QED) is 0.0958.